The summed E-state index contributed by atoms with van der Waals surface area (Å²) in [4.78, 5) is 23.5. The van der Waals surface area contributed by atoms with E-state index in [1.165, 1.54) is 6.33 Å². The predicted octanol–water partition coefficient (Wildman–Crippen LogP) is 3.33. The smallest absolute Gasteiger partial charge is 0.254 e. The van der Waals surface area contributed by atoms with E-state index in [0.717, 1.165) is 41.4 Å². The van der Waals surface area contributed by atoms with Crippen molar-refractivity contribution >= 4 is 22.6 Å². The molecule has 0 bridgehead atoms. The van der Waals surface area contributed by atoms with Crippen LogP contribution in [0.4, 0.5) is 5.82 Å². The van der Waals surface area contributed by atoms with Crippen molar-refractivity contribution in [2.75, 3.05) is 25.0 Å². The van der Waals surface area contributed by atoms with Crippen LogP contribution in [-0.4, -0.2) is 51.6 Å². The van der Waals surface area contributed by atoms with Crippen LogP contribution in [0.5, 0.6) is 0 Å². The second kappa shape index (κ2) is 7.94. The number of amides is 1. The summed E-state index contributed by atoms with van der Waals surface area (Å²) in [7, 11) is 0. The number of nitrogens with one attached hydrogen (secondary N) is 1. The van der Waals surface area contributed by atoms with Gasteiger partial charge in [-0.3, -0.25) is 4.79 Å². The van der Waals surface area contributed by atoms with Crippen LogP contribution in [0.3, 0.4) is 0 Å². The number of rotatable bonds is 5. The second-order valence-corrected chi connectivity index (χ2v) is 7.18. The molecule has 28 heavy (non-hydrogen) atoms. The zero-order valence-electron chi connectivity index (χ0n) is 15.9. The minimum absolute atomic E-state index is 0.0320. The molecule has 1 aromatic heterocycles. The monoisotopic (exact) mass is 376 g/mol. The lowest BCUT2D eigenvalue weighted by Gasteiger charge is -2.21. The standard InChI is InChI=1S/C22H24N4O2/c1-15-4-3-10-26(15)22(28)18-6-2-5-16(12-18)17-7-8-20-19(13-17)21(23-9-11-27)25-14-24-20/h2,5-8,12-15,27H,3-4,9-11H2,1H3,(H,23,24,25)/t15-/m0/s1. The molecule has 1 aliphatic heterocycles. The third kappa shape index (κ3) is 3.55. The van der Waals surface area contributed by atoms with Crippen molar-refractivity contribution in [3.8, 4) is 11.1 Å². The number of aliphatic hydroxyl groups is 1. The molecule has 3 aromatic rings. The average molecular weight is 376 g/mol. The number of likely N-dealkylation sites (tertiary alicyclic amines) is 1. The van der Waals surface area contributed by atoms with E-state index in [1.54, 1.807) is 0 Å². The quantitative estimate of drug-likeness (QED) is 0.714. The summed E-state index contributed by atoms with van der Waals surface area (Å²) in [5.74, 6) is 0.792. The number of aliphatic hydroxyl groups excluding tert-OH is 1. The molecule has 1 fully saturated rings. The summed E-state index contributed by atoms with van der Waals surface area (Å²) >= 11 is 0. The number of carbonyl (C=O) groups is 1. The van der Waals surface area contributed by atoms with Crippen LogP contribution in [0.2, 0.25) is 0 Å². The summed E-state index contributed by atoms with van der Waals surface area (Å²) in [6.45, 7) is 3.40. The third-order valence-corrected chi connectivity index (χ3v) is 5.30. The molecule has 2 heterocycles. The lowest BCUT2D eigenvalue weighted by molar-refractivity contribution is 0.0747. The number of fused-ring (bicyclic) bond motifs is 1. The number of hydrogen-bond donors (Lipinski definition) is 2. The molecule has 1 saturated heterocycles. The SMILES string of the molecule is C[C@H]1CCCN1C(=O)c1cccc(-c2ccc3ncnc(NCCO)c3c2)c1. The van der Waals surface area contributed by atoms with E-state index in [0.29, 0.717) is 24.0 Å². The maximum absolute atomic E-state index is 12.9. The Labute approximate surface area is 164 Å². The third-order valence-electron chi connectivity index (χ3n) is 5.30. The fraction of sp³-hybridized carbons (Fsp3) is 0.318. The van der Waals surface area contributed by atoms with Crippen molar-refractivity contribution in [2.24, 2.45) is 0 Å². The van der Waals surface area contributed by atoms with Gasteiger partial charge in [0, 0.05) is 30.1 Å². The number of anilines is 1. The fourth-order valence-corrected chi connectivity index (χ4v) is 3.78. The second-order valence-electron chi connectivity index (χ2n) is 7.18. The summed E-state index contributed by atoms with van der Waals surface area (Å²) in [5.41, 5.74) is 3.53. The van der Waals surface area contributed by atoms with Gasteiger partial charge in [-0.05, 0) is 55.2 Å². The van der Waals surface area contributed by atoms with Gasteiger partial charge in [-0.1, -0.05) is 18.2 Å². The van der Waals surface area contributed by atoms with E-state index in [-0.39, 0.29) is 12.5 Å². The average Bonchev–Trinajstić information content (AvgIpc) is 3.17. The molecule has 2 aromatic carbocycles. The molecular weight excluding hydrogens is 352 g/mol. The first-order valence-electron chi connectivity index (χ1n) is 9.68. The van der Waals surface area contributed by atoms with Gasteiger partial charge in [0.05, 0.1) is 12.1 Å². The Kier molecular flexibility index (Phi) is 5.21. The van der Waals surface area contributed by atoms with Gasteiger partial charge in [-0.25, -0.2) is 9.97 Å². The highest BCUT2D eigenvalue weighted by molar-refractivity contribution is 5.97. The van der Waals surface area contributed by atoms with Crippen molar-refractivity contribution in [3.63, 3.8) is 0 Å². The molecule has 4 rings (SSSR count). The highest BCUT2D eigenvalue weighted by atomic mass is 16.3. The summed E-state index contributed by atoms with van der Waals surface area (Å²) in [6.07, 6.45) is 3.65. The van der Waals surface area contributed by atoms with E-state index < -0.39 is 0 Å². The molecule has 6 heteroatoms. The molecule has 0 aliphatic carbocycles. The molecule has 2 N–H and O–H groups in total. The number of carbonyl (C=O) groups excluding carboxylic acids is 1. The molecule has 6 nitrogen and oxygen atoms in total. The van der Waals surface area contributed by atoms with E-state index >= 15 is 0 Å². The fourth-order valence-electron chi connectivity index (χ4n) is 3.78. The van der Waals surface area contributed by atoms with Gasteiger partial charge in [0.15, 0.2) is 0 Å². The molecule has 0 saturated carbocycles. The first kappa shape index (κ1) is 18.4. The van der Waals surface area contributed by atoms with Gasteiger partial charge in [-0.2, -0.15) is 0 Å². The largest absolute Gasteiger partial charge is 0.395 e. The molecule has 0 unspecified atom stereocenters. The summed E-state index contributed by atoms with van der Waals surface area (Å²) in [5, 5.41) is 13.1. The van der Waals surface area contributed by atoms with E-state index in [2.05, 4.69) is 22.2 Å². The first-order valence-corrected chi connectivity index (χ1v) is 9.68. The maximum Gasteiger partial charge on any atom is 0.254 e. The summed E-state index contributed by atoms with van der Waals surface area (Å²) < 4.78 is 0. The number of hydrogen-bond acceptors (Lipinski definition) is 5. The Morgan fingerprint density at radius 1 is 1.21 bits per heavy atom. The van der Waals surface area contributed by atoms with Gasteiger partial charge in [0.25, 0.3) is 5.91 Å². The predicted molar refractivity (Wildman–Crippen MR) is 110 cm³/mol. The van der Waals surface area contributed by atoms with Crippen LogP contribution in [0.15, 0.2) is 48.8 Å². The lowest BCUT2D eigenvalue weighted by Crippen LogP contribution is -2.33. The van der Waals surface area contributed by atoms with Gasteiger partial charge in [-0.15, -0.1) is 0 Å². The molecule has 1 aliphatic rings. The van der Waals surface area contributed by atoms with Crippen molar-refractivity contribution in [2.45, 2.75) is 25.8 Å². The molecule has 0 radical (unpaired) electrons. The van der Waals surface area contributed by atoms with Crippen molar-refractivity contribution in [3.05, 3.63) is 54.4 Å². The number of nitrogens with zero attached hydrogens (tertiary/aromatic N) is 3. The van der Waals surface area contributed by atoms with Crippen molar-refractivity contribution in [1.82, 2.24) is 14.9 Å². The van der Waals surface area contributed by atoms with Crippen LogP contribution in [0.25, 0.3) is 22.0 Å². The topological polar surface area (TPSA) is 78.4 Å². The highest BCUT2D eigenvalue weighted by Crippen LogP contribution is 2.28. The van der Waals surface area contributed by atoms with Crippen LogP contribution in [-0.2, 0) is 0 Å². The Hall–Kier alpha value is -2.99. The van der Waals surface area contributed by atoms with Gasteiger partial charge in [0.2, 0.25) is 0 Å². The van der Waals surface area contributed by atoms with E-state index in [1.807, 2.05) is 47.4 Å². The zero-order valence-corrected chi connectivity index (χ0v) is 15.9. The van der Waals surface area contributed by atoms with Crippen LogP contribution in [0.1, 0.15) is 30.1 Å². The Balaban J connectivity index is 1.69. The Morgan fingerprint density at radius 2 is 2.07 bits per heavy atom. The minimum Gasteiger partial charge on any atom is -0.395 e. The van der Waals surface area contributed by atoms with Gasteiger partial charge in [0.1, 0.15) is 12.1 Å². The van der Waals surface area contributed by atoms with Crippen LogP contribution >= 0.6 is 0 Å². The van der Waals surface area contributed by atoms with E-state index in [4.69, 9.17) is 5.11 Å². The highest BCUT2D eigenvalue weighted by Gasteiger charge is 2.26. The Bertz CT molecular complexity index is 1000. The maximum atomic E-state index is 12.9. The van der Waals surface area contributed by atoms with E-state index in [9.17, 15) is 4.79 Å². The van der Waals surface area contributed by atoms with Crippen molar-refractivity contribution in [1.29, 1.82) is 0 Å². The zero-order chi connectivity index (χ0) is 19.5. The lowest BCUT2D eigenvalue weighted by atomic mass is 10.0. The Morgan fingerprint density at radius 3 is 2.86 bits per heavy atom. The number of benzene rings is 2. The molecule has 1 amide bonds. The first-order chi connectivity index (χ1) is 13.7. The molecular formula is C22H24N4O2. The summed E-state index contributed by atoms with van der Waals surface area (Å²) in [6, 6.07) is 14.1. The van der Waals surface area contributed by atoms with Crippen LogP contribution in [0, 0.1) is 0 Å². The molecule has 144 valence electrons. The van der Waals surface area contributed by atoms with Crippen molar-refractivity contribution < 1.29 is 9.90 Å². The number of aromatic nitrogens is 2. The van der Waals surface area contributed by atoms with Gasteiger partial charge >= 0.3 is 0 Å². The normalized spacial score (nSPS) is 16.5. The van der Waals surface area contributed by atoms with Gasteiger partial charge < -0.3 is 15.3 Å². The molecule has 0 spiro atoms. The minimum atomic E-state index is 0.0320. The van der Waals surface area contributed by atoms with Crippen LogP contribution < -0.4 is 5.32 Å². The molecule has 1 atom stereocenters.